The maximum absolute atomic E-state index is 15.2. The number of likely N-dealkylation sites (N-methyl/N-ethyl adjacent to an activating group) is 1. The van der Waals surface area contributed by atoms with E-state index in [4.69, 9.17) is 30.5 Å². The fourth-order valence-electron chi connectivity index (χ4n) is 9.91. The number of hydrogen-bond acceptors (Lipinski definition) is 11. The van der Waals surface area contributed by atoms with Gasteiger partial charge in [0.1, 0.15) is 21.2 Å². The van der Waals surface area contributed by atoms with Gasteiger partial charge in [0.2, 0.25) is 5.88 Å². The monoisotopic (exact) mass is 877 g/mol. The lowest BCUT2D eigenvalue weighted by Crippen LogP contribution is -2.49. The fraction of sp³-hybridized carbons (Fsp3) is 0.578. The van der Waals surface area contributed by atoms with E-state index < -0.39 is 33.8 Å². The fourth-order valence-corrected chi connectivity index (χ4v) is 12.0. The van der Waals surface area contributed by atoms with Gasteiger partial charge in [-0.1, -0.05) is 36.7 Å². The zero-order chi connectivity index (χ0) is 42.9. The Balaban J connectivity index is 1.18. The number of methoxy groups -OCH3 is 2. The quantitative estimate of drug-likeness (QED) is 0.292. The molecule has 5 aliphatic rings. The molecule has 8 rings (SSSR count). The summed E-state index contributed by atoms with van der Waals surface area (Å²) in [5, 5.41) is 4.94. The summed E-state index contributed by atoms with van der Waals surface area (Å²) in [5.41, 5.74) is 3.32. The molecule has 2 bridgehead atoms. The van der Waals surface area contributed by atoms with Crippen molar-refractivity contribution in [2.75, 3.05) is 90.9 Å². The summed E-state index contributed by atoms with van der Waals surface area (Å²) in [7, 11) is 3.19. The molecule has 1 aromatic heterocycles. The highest BCUT2D eigenvalue weighted by Crippen LogP contribution is 2.47. The summed E-state index contributed by atoms with van der Waals surface area (Å²) in [5.74, 6) is -0.713. The van der Waals surface area contributed by atoms with Crippen molar-refractivity contribution in [3.8, 4) is 11.6 Å². The van der Waals surface area contributed by atoms with Gasteiger partial charge < -0.3 is 28.7 Å². The second-order valence-corrected chi connectivity index (χ2v) is 20.1. The number of fused-ring (bicyclic) bond motifs is 4. The molecule has 1 unspecified atom stereocenters. The molecular weight excluding hydrogens is 818 g/mol. The van der Waals surface area contributed by atoms with E-state index in [1.54, 1.807) is 20.2 Å². The van der Waals surface area contributed by atoms with Gasteiger partial charge in [-0.05, 0) is 92.4 Å². The van der Waals surface area contributed by atoms with Gasteiger partial charge in [-0.15, -0.1) is 9.46 Å². The topological polar surface area (TPSA) is 140 Å². The van der Waals surface area contributed by atoms with Gasteiger partial charge in [0.25, 0.3) is 11.8 Å². The Morgan fingerprint density at radius 3 is 2.62 bits per heavy atom. The third kappa shape index (κ3) is 9.52. The molecule has 2 fully saturated rings. The minimum atomic E-state index is -3.77. The molecule has 1 saturated carbocycles. The van der Waals surface area contributed by atoms with Crippen LogP contribution < -0.4 is 19.1 Å². The van der Waals surface area contributed by atoms with Crippen LogP contribution in [0, 0.1) is 17.8 Å². The zero-order valence-electron chi connectivity index (χ0n) is 36.0. The van der Waals surface area contributed by atoms with Gasteiger partial charge in [0.15, 0.2) is 0 Å². The Morgan fingerprint density at radius 2 is 1.87 bits per heavy atom. The first kappa shape index (κ1) is 43.7. The molecule has 3 aliphatic heterocycles. The van der Waals surface area contributed by atoms with Crippen LogP contribution in [0.2, 0.25) is 5.02 Å². The number of carbonyl (C=O) groups is 2. The number of amides is 2. The number of hydrogen-bond donors (Lipinski definition) is 1. The third-order valence-corrected chi connectivity index (χ3v) is 15.7. The minimum absolute atomic E-state index is 0.0656. The van der Waals surface area contributed by atoms with Crippen LogP contribution in [0.5, 0.6) is 11.6 Å². The summed E-state index contributed by atoms with van der Waals surface area (Å²) < 4.78 is 48.6. The summed E-state index contributed by atoms with van der Waals surface area (Å²) >= 11 is 6.51. The van der Waals surface area contributed by atoms with Crippen molar-refractivity contribution < 1.29 is 32.7 Å². The van der Waals surface area contributed by atoms with Gasteiger partial charge >= 0.3 is 0 Å². The van der Waals surface area contributed by atoms with Crippen molar-refractivity contribution in [1.29, 1.82) is 0 Å². The first-order valence-electron chi connectivity index (χ1n) is 21.6. The second-order valence-electron chi connectivity index (χ2n) is 17.7. The Morgan fingerprint density at radius 1 is 1.07 bits per heavy atom. The number of ether oxygens (including phenoxy) is 4. The molecule has 2 aromatic carbocycles. The number of carbonyl (C=O) groups excluding carboxylic acids is 2. The molecule has 0 radical (unpaired) electrons. The van der Waals surface area contributed by atoms with E-state index >= 15 is 4.21 Å². The molecule has 1 saturated heterocycles. The SMILES string of the molecule is COc1nn(C)cc1C(=O)NS1(=O)=NC(=O)c2ccc3c(c2)N(C[C@@H]2CC[C@H]2[C@@H](OC)C=C[C@H](OCCN2CCN(C)CC2)[C@H](C)C1)C[C@@]1(CCCc2cc(Cl)ccc21)CO3. The number of nitrogens with zero attached hydrogens (tertiary/aromatic N) is 6. The summed E-state index contributed by atoms with van der Waals surface area (Å²) in [6.45, 7) is 8.91. The number of halogens is 1. The molecule has 1 spiro atoms. The van der Waals surface area contributed by atoms with Gasteiger partial charge in [0.05, 0.1) is 44.0 Å². The summed E-state index contributed by atoms with van der Waals surface area (Å²) in [4.78, 5) is 35.4. The number of anilines is 1. The van der Waals surface area contributed by atoms with E-state index in [9.17, 15) is 9.59 Å². The van der Waals surface area contributed by atoms with Crippen molar-refractivity contribution >= 4 is 39.0 Å². The lowest BCUT2D eigenvalue weighted by molar-refractivity contribution is 0.00937. The molecule has 2 amide bonds. The minimum Gasteiger partial charge on any atom is -0.490 e. The van der Waals surface area contributed by atoms with Gasteiger partial charge in [-0.2, -0.15) is 0 Å². The third-order valence-electron chi connectivity index (χ3n) is 13.5. The molecule has 3 aromatic rings. The highest BCUT2D eigenvalue weighted by molar-refractivity contribution is 7.92. The maximum atomic E-state index is 15.2. The predicted octanol–water partition coefficient (Wildman–Crippen LogP) is 5.39. The highest BCUT2D eigenvalue weighted by Gasteiger charge is 2.44. The molecular formula is C45H60ClN7O7S. The Kier molecular flexibility index (Phi) is 13.2. The van der Waals surface area contributed by atoms with Crippen molar-refractivity contribution in [2.24, 2.45) is 29.2 Å². The zero-order valence-corrected chi connectivity index (χ0v) is 37.6. The van der Waals surface area contributed by atoms with Crippen molar-refractivity contribution in [2.45, 2.75) is 56.7 Å². The van der Waals surface area contributed by atoms with Crippen LogP contribution in [-0.2, 0) is 38.3 Å². The van der Waals surface area contributed by atoms with Crippen molar-refractivity contribution in [3.63, 3.8) is 0 Å². The average molecular weight is 879 g/mol. The van der Waals surface area contributed by atoms with Crippen molar-refractivity contribution in [1.82, 2.24) is 24.3 Å². The lowest BCUT2D eigenvalue weighted by Gasteiger charge is -2.46. The first-order valence-corrected chi connectivity index (χ1v) is 23.7. The van der Waals surface area contributed by atoms with E-state index in [0.717, 1.165) is 82.1 Å². The molecule has 61 heavy (non-hydrogen) atoms. The van der Waals surface area contributed by atoms with Gasteiger partial charge in [0, 0.05) is 88.1 Å². The van der Waals surface area contributed by atoms with Crippen LogP contribution in [0.25, 0.3) is 0 Å². The Hall–Kier alpha value is -3.99. The van der Waals surface area contributed by atoms with E-state index in [0.29, 0.717) is 31.4 Å². The van der Waals surface area contributed by atoms with Crippen LogP contribution in [0.3, 0.4) is 0 Å². The van der Waals surface area contributed by atoms with Gasteiger partial charge in [-0.25, -0.2) is 4.21 Å². The summed E-state index contributed by atoms with van der Waals surface area (Å²) in [6.07, 6.45) is 9.88. The predicted molar refractivity (Wildman–Crippen MR) is 236 cm³/mol. The number of aryl methyl sites for hydroxylation is 2. The first-order chi connectivity index (χ1) is 29.4. The molecule has 7 atom stereocenters. The Bertz CT molecular complexity index is 2250. The lowest BCUT2D eigenvalue weighted by atomic mass is 9.68. The van der Waals surface area contributed by atoms with Crippen LogP contribution in [-0.4, -0.2) is 134 Å². The van der Waals surface area contributed by atoms with E-state index in [2.05, 4.69) is 54.1 Å². The van der Waals surface area contributed by atoms with Crippen LogP contribution >= 0.6 is 11.6 Å². The number of piperazine rings is 1. The number of nitrogens with one attached hydrogen (secondary N) is 1. The highest BCUT2D eigenvalue weighted by atomic mass is 35.5. The molecule has 16 heteroatoms. The van der Waals surface area contributed by atoms with Gasteiger partial charge in [-0.3, -0.25) is 23.9 Å². The Labute approximate surface area is 365 Å². The maximum Gasteiger partial charge on any atom is 0.286 e. The largest absolute Gasteiger partial charge is 0.490 e. The smallest absolute Gasteiger partial charge is 0.286 e. The molecule has 14 nitrogen and oxygen atoms in total. The van der Waals surface area contributed by atoms with Crippen LogP contribution in [0.15, 0.2) is 59.1 Å². The van der Waals surface area contributed by atoms with Crippen LogP contribution in [0.4, 0.5) is 5.69 Å². The molecule has 1 N–H and O–H groups in total. The molecule has 4 heterocycles. The standard InChI is InChI=1S/C45H60ClN7O7S/c1-30-27-61(56,49-43(55)36-26-51(3)47-44(36)58-5)48-42(54)32-9-13-41-38(24-32)53(28-45(29-60-41)16-6-7-31-23-34(46)10-12-37(31)45)25-33-8-11-35(33)40(57-4)15-14-39(30)59-22-21-52-19-17-50(2)18-20-52/h9-10,12-15,23-24,26,30,33,35,39-40H,6-8,11,16-22,25,27-29H2,1-5H3,(H,48,49,54,55,56)/t30-,33+,35-,39+,40+,45+,61?/m1/s1. The summed E-state index contributed by atoms with van der Waals surface area (Å²) in [6, 6.07) is 11.5. The van der Waals surface area contributed by atoms with E-state index in [1.807, 2.05) is 31.2 Å². The number of aromatic nitrogens is 2. The molecule has 330 valence electrons. The number of rotatable bonds is 8. The normalized spacial score (nSPS) is 29.7. The van der Waals surface area contributed by atoms with Crippen LogP contribution in [0.1, 0.15) is 64.4 Å². The average Bonchev–Trinajstić information content (AvgIpc) is 3.55. The molecule has 2 aliphatic carbocycles. The van der Waals surface area contributed by atoms with Crippen molar-refractivity contribution in [3.05, 3.63) is 82.0 Å². The number of benzene rings is 2. The second kappa shape index (κ2) is 18.4. The van der Waals surface area contributed by atoms with E-state index in [-0.39, 0.29) is 40.2 Å². The van der Waals surface area contributed by atoms with E-state index in [1.165, 1.54) is 29.1 Å².